The van der Waals surface area contributed by atoms with Crippen LogP contribution in [0.25, 0.3) is 0 Å². The molecule has 0 radical (unpaired) electrons. The second kappa shape index (κ2) is 6.63. The predicted molar refractivity (Wildman–Crippen MR) is 71.7 cm³/mol. The molecule has 0 spiro atoms. The number of halogens is 1. The van der Waals surface area contributed by atoms with Gasteiger partial charge in [0.1, 0.15) is 0 Å². The van der Waals surface area contributed by atoms with Crippen molar-refractivity contribution < 1.29 is 4.79 Å². The van der Waals surface area contributed by atoms with Gasteiger partial charge in [0, 0.05) is 6.04 Å². The van der Waals surface area contributed by atoms with Gasteiger partial charge in [-0.1, -0.05) is 49.0 Å². The maximum Gasteiger partial charge on any atom is 0.234 e. The lowest BCUT2D eigenvalue weighted by molar-refractivity contribution is -0.122. The molecule has 1 saturated carbocycles. The highest BCUT2D eigenvalue weighted by atomic mass is 79.9. The Morgan fingerprint density at radius 3 is 2.25 bits per heavy atom. The lowest BCUT2D eigenvalue weighted by Crippen LogP contribution is -2.43. The Morgan fingerprint density at radius 2 is 1.75 bits per heavy atom. The van der Waals surface area contributed by atoms with Crippen LogP contribution >= 0.6 is 15.9 Å². The minimum atomic E-state index is -0.0569. The molecule has 0 saturated heterocycles. The molecule has 0 aliphatic heterocycles. The molecule has 0 aromatic heterocycles. The minimum Gasteiger partial charge on any atom is -0.352 e. The van der Waals surface area contributed by atoms with E-state index in [-0.39, 0.29) is 10.7 Å². The molecule has 2 atom stereocenters. The van der Waals surface area contributed by atoms with E-state index in [0.717, 1.165) is 0 Å². The van der Waals surface area contributed by atoms with E-state index < -0.39 is 0 Å². The van der Waals surface area contributed by atoms with Gasteiger partial charge in [-0.2, -0.15) is 0 Å². The summed E-state index contributed by atoms with van der Waals surface area (Å²) >= 11 is 3.45. The summed E-state index contributed by atoms with van der Waals surface area (Å²) < 4.78 is 0. The van der Waals surface area contributed by atoms with Gasteiger partial charge in [-0.25, -0.2) is 0 Å². The first-order valence-electron chi connectivity index (χ1n) is 6.46. The van der Waals surface area contributed by atoms with E-state index in [1.54, 1.807) is 0 Å². The van der Waals surface area contributed by atoms with Gasteiger partial charge in [-0.05, 0) is 31.6 Å². The van der Waals surface area contributed by atoms with Gasteiger partial charge < -0.3 is 5.32 Å². The van der Waals surface area contributed by atoms with Crippen LogP contribution in [0.5, 0.6) is 0 Å². The smallest absolute Gasteiger partial charge is 0.234 e. The summed E-state index contributed by atoms with van der Waals surface area (Å²) in [4.78, 5) is 11.8. The Bertz CT molecular complexity index is 224. The molecule has 1 amide bonds. The fourth-order valence-corrected chi connectivity index (χ4v) is 2.49. The van der Waals surface area contributed by atoms with Crippen LogP contribution < -0.4 is 5.32 Å². The van der Waals surface area contributed by atoms with Crippen LogP contribution in [0.4, 0.5) is 0 Å². The first-order valence-corrected chi connectivity index (χ1v) is 7.38. The number of rotatable bonds is 4. The normalized spacial score (nSPS) is 21.8. The van der Waals surface area contributed by atoms with Crippen molar-refractivity contribution in [2.75, 3.05) is 0 Å². The lowest BCUT2D eigenvalue weighted by Gasteiger charge is -2.29. The summed E-state index contributed by atoms with van der Waals surface area (Å²) in [6.45, 7) is 6.27. The molecule has 1 rings (SSSR count). The van der Waals surface area contributed by atoms with Crippen molar-refractivity contribution in [3.8, 4) is 0 Å². The van der Waals surface area contributed by atoms with Gasteiger partial charge in [0.15, 0.2) is 0 Å². The largest absolute Gasteiger partial charge is 0.352 e. The average Bonchev–Trinajstić information content (AvgIpc) is 2.28. The van der Waals surface area contributed by atoms with Crippen molar-refractivity contribution in [2.24, 2.45) is 11.8 Å². The fraction of sp³-hybridized carbons (Fsp3) is 0.923. The highest BCUT2D eigenvalue weighted by Gasteiger charge is 2.25. The zero-order valence-electron chi connectivity index (χ0n) is 10.6. The van der Waals surface area contributed by atoms with Gasteiger partial charge in [0.2, 0.25) is 5.91 Å². The van der Waals surface area contributed by atoms with Crippen LogP contribution in [-0.4, -0.2) is 16.8 Å². The molecule has 0 heterocycles. The fourth-order valence-electron chi connectivity index (χ4n) is 2.36. The molecule has 94 valence electrons. The Labute approximate surface area is 108 Å². The van der Waals surface area contributed by atoms with Gasteiger partial charge in [0.05, 0.1) is 4.83 Å². The van der Waals surface area contributed by atoms with Gasteiger partial charge in [-0.15, -0.1) is 0 Å². The topological polar surface area (TPSA) is 29.1 Å². The molecule has 1 N–H and O–H groups in total. The third kappa shape index (κ3) is 4.08. The van der Waals surface area contributed by atoms with Crippen molar-refractivity contribution >= 4 is 21.8 Å². The van der Waals surface area contributed by atoms with Crippen molar-refractivity contribution in [2.45, 2.75) is 63.7 Å². The lowest BCUT2D eigenvalue weighted by atomic mass is 9.84. The molecule has 3 heteroatoms. The Balaban J connectivity index is 2.37. The Morgan fingerprint density at radius 1 is 1.19 bits per heavy atom. The SMILES string of the molecule is CC(C)C(Br)C(=O)N[C@H](C)C1CCCCC1. The van der Waals surface area contributed by atoms with E-state index in [0.29, 0.717) is 17.9 Å². The predicted octanol–water partition coefficient (Wildman–Crippen LogP) is 3.49. The molecule has 1 fully saturated rings. The van der Waals surface area contributed by atoms with Crippen LogP contribution in [0.2, 0.25) is 0 Å². The number of hydrogen-bond donors (Lipinski definition) is 1. The average molecular weight is 290 g/mol. The van der Waals surface area contributed by atoms with E-state index in [1.807, 2.05) is 0 Å². The summed E-state index contributed by atoms with van der Waals surface area (Å²) in [5.74, 6) is 1.18. The molecule has 2 nitrogen and oxygen atoms in total. The molecule has 0 aromatic carbocycles. The second-order valence-corrected chi connectivity index (χ2v) is 6.33. The maximum atomic E-state index is 11.9. The van der Waals surface area contributed by atoms with E-state index in [9.17, 15) is 4.79 Å². The summed E-state index contributed by atoms with van der Waals surface area (Å²) in [6, 6.07) is 0.326. The van der Waals surface area contributed by atoms with Crippen LogP contribution in [0.1, 0.15) is 52.9 Å². The first kappa shape index (κ1) is 14.0. The van der Waals surface area contributed by atoms with E-state index in [4.69, 9.17) is 0 Å². The number of carbonyl (C=O) groups excluding carboxylic acids is 1. The number of carbonyl (C=O) groups is 1. The zero-order chi connectivity index (χ0) is 12.1. The van der Waals surface area contributed by atoms with Crippen molar-refractivity contribution in [3.63, 3.8) is 0 Å². The summed E-state index contributed by atoms with van der Waals surface area (Å²) in [5, 5.41) is 3.14. The molecule has 0 bridgehead atoms. The first-order chi connectivity index (χ1) is 7.52. The molecule has 16 heavy (non-hydrogen) atoms. The van der Waals surface area contributed by atoms with Crippen LogP contribution in [0, 0.1) is 11.8 Å². The molecule has 1 unspecified atom stereocenters. The molecular formula is C13H24BrNO. The molecule has 1 aliphatic carbocycles. The van der Waals surface area contributed by atoms with Gasteiger partial charge in [-0.3, -0.25) is 4.79 Å². The number of nitrogens with one attached hydrogen (secondary N) is 1. The van der Waals surface area contributed by atoms with Crippen LogP contribution in [0.3, 0.4) is 0 Å². The quantitative estimate of drug-likeness (QED) is 0.789. The van der Waals surface area contributed by atoms with E-state index in [1.165, 1.54) is 32.1 Å². The zero-order valence-corrected chi connectivity index (χ0v) is 12.2. The van der Waals surface area contributed by atoms with Crippen molar-refractivity contribution in [3.05, 3.63) is 0 Å². The highest BCUT2D eigenvalue weighted by molar-refractivity contribution is 9.10. The van der Waals surface area contributed by atoms with Crippen molar-refractivity contribution in [1.82, 2.24) is 5.32 Å². The minimum absolute atomic E-state index is 0.0569. The molecule has 0 aromatic rings. The standard InChI is InChI=1S/C13H24BrNO/c1-9(2)12(14)13(16)15-10(3)11-7-5-4-6-8-11/h9-12H,4-8H2,1-3H3,(H,15,16)/t10-,12?/m1/s1. The number of hydrogen-bond acceptors (Lipinski definition) is 1. The van der Waals surface area contributed by atoms with E-state index in [2.05, 4.69) is 42.0 Å². The van der Waals surface area contributed by atoms with Crippen molar-refractivity contribution in [1.29, 1.82) is 0 Å². The summed E-state index contributed by atoms with van der Waals surface area (Å²) in [6.07, 6.45) is 6.57. The molecule has 1 aliphatic rings. The number of alkyl halides is 1. The summed E-state index contributed by atoms with van der Waals surface area (Å²) in [7, 11) is 0. The highest BCUT2D eigenvalue weighted by Crippen LogP contribution is 2.26. The van der Waals surface area contributed by atoms with E-state index >= 15 is 0 Å². The van der Waals surface area contributed by atoms with Gasteiger partial charge in [0.25, 0.3) is 0 Å². The summed E-state index contributed by atoms with van der Waals surface area (Å²) in [5.41, 5.74) is 0. The van der Waals surface area contributed by atoms with Crippen LogP contribution in [0.15, 0.2) is 0 Å². The third-order valence-electron chi connectivity index (χ3n) is 3.56. The molecular weight excluding hydrogens is 266 g/mol. The number of amides is 1. The monoisotopic (exact) mass is 289 g/mol. The Kier molecular flexibility index (Phi) is 5.81. The Hall–Kier alpha value is -0.0500. The third-order valence-corrected chi connectivity index (χ3v) is 5.04. The van der Waals surface area contributed by atoms with Gasteiger partial charge >= 0.3 is 0 Å². The second-order valence-electron chi connectivity index (χ2n) is 5.34. The van der Waals surface area contributed by atoms with Crippen LogP contribution in [-0.2, 0) is 4.79 Å². The maximum absolute atomic E-state index is 11.9.